The van der Waals surface area contributed by atoms with E-state index in [0.29, 0.717) is 11.4 Å². The molecule has 0 bridgehead atoms. The van der Waals surface area contributed by atoms with E-state index in [1.807, 2.05) is 20.8 Å². The van der Waals surface area contributed by atoms with E-state index in [9.17, 15) is 18.0 Å². The molecule has 0 saturated heterocycles. The average Bonchev–Trinajstić information content (AvgIpc) is 2.52. The molecule has 0 unspecified atom stereocenters. The third-order valence-electron chi connectivity index (χ3n) is 3.68. The molecule has 0 aliphatic rings. The number of carbonyl (C=O) groups is 1. The first kappa shape index (κ1) is 19.6. The number of benzene rings is 1. The minimum absolute atomic E-state index is 0.0290. The lowest BCUT2D eigenvalue weighted by Crippen LogP contribution is -2.39. The van der Waals surface area contributed by atoms with Gasteiger partial charge in [-0.25, -0.2) is 4.98 Å². The van der Waals surface area contributed by atoms with Crippen molar-refractivity contribution in [3.8, 4) is 5.75 Å². The SMILES string of the molecule is COc1cc(N(c2cccnc2C(N)=O)C(C)(C)C)ccc1C(F)(F)F. The zero-order valence-electron chi connectivity index (χ0n) is 14.9. The molecule has 1 heterocycles. The van der Waals surface area contributed by atoms with Crippen LogP contribution in [0.15, 0.2) is 36.5 Å². The lowest BCUT2D eigenvalue weighted by molar-refractivity contribution is -0.138. The number of nitrogens with two attached hydrogens (primary N) is 1. The van der Waals surface area contributed by atoms with E-state index in [2.05, 4.69) is 4.98 Å². The normalized spacial score (nSPS) is 12.0. The topological polar surface area (TPSA) is 68.4 Å². The largest absolute Gasteiger partial charge is 0.496 e. The van der Waals surface area contributed by atoms with Crippen molar-refractivity contribution in [2.24, 2.45) is 5.73 Å². The number of hydrogen-bond acceptors (Lipinski definition) is 4. The summed E-state index contributed by atoms with van der Waals surface area (Å²) >= 11 is 0. The third-order valence-corrected chi connectivity index (χ3v) is 3.68. The number of pyridine rings is 1. The Morgan fingerprint density at radius 2 is 1.85 bits per heavy atom. The van der Waals surface area contributed by atoms with Crippen LogP contribution in [0.4, 0.5) is 24.5 Å². The molecule has 0 saturated carbocycles. The molecular weight excluding hydrogens is 347 g/mol. The quantitative estimate of drug-likeness (QED) is 0.882. The molecule has 1 aromatic heterocycles. The zero-order valence-corrected chi connectivity index (χ0v) is 14.9. The summed E-state index contributed by atoms with van der Waals surface area (Å²) < 4.78 is 44.3. The van der Waals surface area contributed by atoms with Crippen molar-refractivity contribution in [1.29, 1.82) is 0 Å². The predicted octanol–water partition coefficient (Wildman–Crippen LogP) is 4.14. The summed E-state index contributed by atoms with van der Waals surface area (Å²) in [5.41, 5.74) is 4.79. The number of hydrogen-bond donors (Lipinski definition) is 1. The first-order chi connectivity index (χ1) is 12.0. The molecule has 140 valence electrons. The van der Waals surface area contributed by atoms with Crippen LogP contribution in [0.2, 0.25) is 0 Å². The number of ether oxygens (including phenoxy) is 1. The van der Waals surface area contributed by atoms with Crippen LogP contribution in [0.5, 0.6) is 5.75 Å². The number of carbonyl (C=O) groups excluding carboxylic acids is 1. The predicted molar refractivity (Wildman–Crippen MR) is 92.6 cm³/mol. The van der Waals surface area contributed by atoms with Gasteiger partial charge in [-0.05, 0) is 45.0 Å². The fourth-order valence-corrected chi connectivity index (χ4v) is 2.71. The van der Waals surface area contributed by atoms with Gasteiger partial charge < -0.3 is 15.4 Å². The third kappa shape index (κ3) is 3.89. The molecule has 2 aromatic rings. The highest BCUT2D eigenvalue weighted by Gasteiger charge is 2.35. The van der Waals surface area contributed by atoms with Gasteiger partial charge in [0.05, 0.1) is 18.4 Å². The van der Waals surface area contributed by atoms with Crippen LogP contribution in [0, 0.1) is 0 Å². The van der Waals surface area contributed by atoms with Crippen molar-refractivity contribution in [3.05, 3.63) is 47.8 Å². The number of primary amides is 1. The van der Waals surface area contributed by atoms with Crippen LogP contribution in [0.1, 0.15) is 36.8 Å². The van der Waals surface area contributed by atoms with Crippen molar-refractivity contribution >= 4 is 17.3 Å². The lowest BCUT2D eigenvalue weighted by atomic mass is 10.0. The highest BCUT2D eigenvalue weighted by molar-refractivity contribution is 5.97. The summed E-state index contributed by atoms with van der Waals surface area (Å²) in [5, 5.41) is 0. The van der Waals surface area contributed by atoms with Crippen LogP contribution < -0.4 is 15.4 Å². The number of alkyl halides is 3. The van der Waals surface area contributed by atoms with Crippen molar-refractivity contribution in [2.75, 3.05) is 12.0 Å². The number of nitrogens with zero attached hydrogens (tertiary/aromatic N) is 2. The number of halogens is 3. The summed E-state index contributed by atoms with van der Waals surface area (Å²) in [6.07, 6.45) is -3.11. The Balaban J connectivity index is 2.69. The van der Waals surface area contributed by atoms with E-state index in [-0.39, 0.29) is 11.4 Å². The molecule has 8 heteroatoms. The molecule has 2 rings (SSSR count). The van der Waals surface area contributed by atoms with E-state index >= 15 is 0 Å². The van der Waals surface area contributed by atoms with E-state index in [0.717, 1.165) is 6.07 Å². The fourth-order valence-electron chi connectivity index (χ4n) is 2.71. The Kier molecular flexibility index (Phi) is 5.16. The Hall–Kier alpha value is -2.77. The molecule has 0 aliphatic heterocycles. The maximum absolute atomic E-state index is 13.1. The molecule has 5 nitrogen and oxygen atoms in total. The van der Waals surface area contributed by atoms with Gasteiger partial charge in [0.2, 0.25) is 0 Å². The van der Waals surface area contributed by atoms with Crippen LogP contribution >= 0.6 is 0 Å². The summed E-state index contributed by atoms with van der Waals surface area (Å²) in [6, 6.07) is 6.83. The molecule has 0 atom stereocenters. The summed E-state index contributed by atoms with van der Waals surface area (Å²) in [6.45, 7) is 5.57. The van der Waals surface area contributed by atoms with Crippen molar-refractivity contribution in [3.63, 3.8) is 0 Å². The maximum atomic E-state index is 13.1. The summed E-state index contributed by atoms with van der Waals surface area (Å²) in [7, 11) is 1.18. The monoisotopic (exact) mass is 367 g/mol. The Morgan fingerprint density at radius 3 is 2.35 bits per heavy atom. The van der Waals surface area contributed by atoms with Crippen LogP contribution in [-0.2, 0) is 6.18 Å². The van der Waals surface area contributed by atoms with Crippen LogP contribution in [0.3, 0.4) is 0 Å². The number of rotatable bonds is 4. The van der Waals surface area contributed by atoms with Gasteiger partial charge in [0.25, 0.3) is 5.91 Å². The van der Waals surface area contributed by atoms with E-state index in [1.165, 1.54) is 25.4 Å². The van der Waals surface area contributed by atoms with Crippen LogP contribution in [0.25, 0.3) is 0 Å². The minimum Gasteiger partial charge on any atom is -0.496 e. The van der Waals surface area contributed by atoms with Gasteiger partial charge in [0, 0.05) is 23.5 Å². The fraction of sp³-hybridized carbons (Fsp3) is 0.333. The summed E-state index contributed by atoms with van der Waals surface area (Å²) in [5.74, 6) is -1.04. The molecule has 0 spiro atoms. The van der Waals surface area contributed by atoms with Crippen molar-refractivity contribution in [2.45, 2.75) is 32.5 Å². The highest BCUT2D eigenvalue weighted by atomic mass is 19.4. The second-order valence-corrected chi connectivity index (χ2v) is 6.62. The second-order valence-electron chi connectivity index (χ2n) is 6.62. The van der Waals surface area contributed by atoms with Gasteiger partial charge in [0.15, 0.2) is 5.69 Å². The van der Waals surface area contributed by atoms with Gasteiger partial charge in [-0.15, -0.1) is 0 Å². The second kappa shape index (κ2) is 6.86. The number of amides is 1. The van der Waals surface area contributed by atoms with E-state index < -0.39 is 23.2 Å². The lowest BCUT2D eigenvalue weighted by Gasteiger charge is -2.38. The maximum Gasteiger partial charge on any atom is 0.419 e. The molecule has 0 aliphatic carbocycles. The molecule has 2 N–H and O–H groups in total. The van der Waals surface area contributed by atoms with E-state index in [1.54, 1.807) is 17.0 Å². The standard InChI is InChI=1S/C18H20F3N3O2/c1-17(2,3)24(13-6-5-9-23-15(13)16(22)25)11-7-8-12(18(19,20)21)14(10-11)26-4/h5-10H,1-4H3,(H2,22,25). The zero-order chi connectivity index (χ0) is 19.7. The van der Waals surface area contributed by atoms with E-state index in [4.69, 9.17) is 10.5 Å². The van der Waals surface area contributed by atoms with Gasteiger partial charge in [0.1, 0.15) is 5.75 Å². The Bertz CT molecular complexity index is 814. The summed E-state index contributed by atoms with van der Waals surface area (Å²) in [4.78, 5) is 17.5. The molecule has 1 amide bonds. The highest BCUT2D eigenvalue weighted by Crippen LogP contribution is 2.41. The number of aromatic nitrogens is 1. The average molecular weight is 367 g/mol. The molecule has 26 heavy (non-hydrogen) atoms. The first-order valence-electron chi connectivity index (χ1n) is 7.77. The minimum atomic E-state index is -4.54. The van der Waals surface area contributed by atoms with Crippen molar-refractivity contribution in [1.82, 2.24) is 4.98 Å². The molecule has 1 aromatic carbocycles. The van der Waals surface area contributed by atoms with Gasteiger partial charge in [-0.3, -0.25) is 4.79 Å². The Labute approximate surface area is 149 Å². The van der Waals surface area contributed by atoms with Gasteiger partial charge in [-0.1, -0.05) is 0 Å². The number of anilines is 2. The van der Waals surface area contributed by atoms with Gasteiger partial charge in [-0.2, -0.15) is 13.2 Å². The molecular formula is C18H20F3N3O2. The van der Waals surface area contributed by atoms with Crippen molar-refractivity contribution < 1.29 is 22.7 Å². The number of methoxy groups -OCH3 is 1. The first-order valence-corrected chi connectivity index (χ1v) is 7.77. The van der Waals surface area contributed by atoms with Crippen LogP contribution in [-0.4, -0.2) is 23.5 Å². The molecule has 0 fully saturated rings. The van der Waals surface area contributed by atoms with Gasteiger partial charge >= 0.3 is 6.18 Å². The smallest absolute Gasteiger partial charge is 0.419 e. The Morgan fingerprint density at radius 1 is 1.19 bits per heavy atom. The molecule has 0 radical (unpaired) electrons.